The lowest BCUT2D eigenvalue weighted by Gasteiger charge is -2.32. The lowest BCUT2D eigenvalue weighted by atomic mass is 10.0. The van der Waals surface area contributed by atoms with Crippen LogP contribution in [0, 0.1) is 0 Å². The number of fused-ring (bicyclic) bond motifs is 1. The number of para-hydroxylation sites is 2. The van der Waals surface area contributed by atoms with Crippen LogP contribution >= 0.6 is 0 Å². The molecule has 1 aliphatic heterocycles. The van der Waals surface area contributed by atoms with Gasteiger partial charge in [0.1, 0.15) is 12.4 Å². The van der Waals surface area contributed by atoms with Gasteiger partial charge in [-0.25, -0.2) is 5.43 Å². The van der Waals surface area contributed by atoms with E-state index in [0.717, 1.165) is 22.8 Å². The second-order valence-corrected chi connectivity index (χ2v) is 4.83. The van der Waals surface area contributed by atoms with Crippen LogP contribution in [0.4, 0.5) is 0 Å². The Morgan fingerprint density at radius 1 is 1.14 bits per heavy atom. The molecule has 3 N–H and O–H groups in total. The minimum Gasteiger partial charge on any atom is -0.497 e. The van der Waals surface area contributed by atoms with E-state index < -0.39 is 0 Å². The summed E-state index contributed by atoms with van der Waals surface area (Å²) in [5.74, 6) is 8.02. The Hall–Kier alpha value is -2.24. The fraction of sp³-hybridized carbons (Fsp3) is 0.250. The second-order valence-electron chi connectivity index (χ2n) is 4.83. The van der Waals surface area contributed by atoms with Crippen LogP contribution < -0.4 is 25.5 Å². The number of hydrazine groups is 1. The fourth-order valence-corrected chi connectivity index (χ4v) is 2.43. The van der Waals surface area contributed by atoms with Crippen LogP contribution in [0.25, 0.3) is 0 Å². The summed E-state index contributed by atoms with van der Waals surface area (Å²) in [7, 11) is 1.64. The topological polar surface area (TPSA) is 65.7 Å². The number of hydrogen-bond donors (Lipinski definition) is 2. The van der Waals surface area contributed by atoms with Crippen molar-refractivity contribution >= 4 is 0 Å². The van der Waals surface area contributed by atoms with Gasteiger partial charge in [-0.2, -0.15) is 0 Å². The molecule has 110 valence electrons. The van der Waals surface area contributed by atoms with Gasteiger partial charge in [0, 0.05) is 0 Å². The van der Waals surface area contributed by atoms with E-state index in [1.807, 2.05) is 48.5 Å². The van der Waals surface area contributed by atoms with Crippen molar-refractivity contribution in [1.29, 1.82) is 0 Å². The highest BCUT2D eigenvalue weighted by molar-refractivity contribution is 5.41. The average molecular weight is 286 g/mol. The van der Waals surface area contributed by atoms with Gasteiger partial charge in [-0.1, -0.05) is 24.3 Å². The zero-order valence-electron chi connectivity index (χ0n) is 11.8. The van der Waals surface area contributed by atoms with Crippen molar-refractivity contribution in [2.75, 3.05) is 13.7 Å². The molecule has 0 saturated carbocycles. The van der Waals surface area contributed by atoms with Gasteiger partial charge >= 0.3 is 0 Å². The van der Waals surface area contributed by atoms with Crippen LogP contribution in [0.15, 0.2) is 48.5 Å². The van der Waals surface area contributed by atoms with Gasteiger partial charge in [-0.05, 0) is 29.8 Å². The van der Waals surface area contributed by atoms with Crippen molar-refractivity contribution < 1.29 is 14.2 Å². The van der Waals surface area contributed by atoms with Crippen molar-refractivity contribution in [1.82, 2.24) is 5.43 Å². The zero-order chi connectivity index (χ0) is 14.7. The molecule has 2 atom stereocenters. The summed E-state index contributed by atoms with van der Waals surface area (Å²) in [6.45, 7) is 0.442. The van der Waals surface area contributed by atoms with Crippen LogP contribution in [0.1, 0.15) is 11.6 Å². The first-order valence-corrected chi connectivity index (χ1v) is 6.80. The normalized spacial score (nSPS) is 18.1. The highest BCUT2D eigenvalue weighted by Crippen LogP contribution is 2.34. The molecule has 21 heavy (non-hydrogen) atoms. The Bertz CT molecular complexity index is 601. The molecule has 0 fully saturated rings. The SMILES string of the molecule is COc1ccc(C(NN)C2COc3ccccc3O2)cc1. The van der Waals surface area contributed by atoms with Crippen LogP contribution in [-0.2, 0) is 0 Å². The van der Waals surface area contributed by atoms with Crippen molar-refractivity contribution in [2.24, 2.45) is 5.84 Å². The number of hydrogen-bond acceptors (Lipinski definition) is 5. The van der Waals surface area contributed by atoms with Gasteiger partial charge in [0.2, 0.25) is 0 Å². The van der Waals surface area contributed by atoms with E-state index in [2.05, 4.69) is 5.43 Å². The molecule has 3 rings (SSSR count). The van der Waals surface area contributed by atoms with Crippen molar-refractivity contribution in [3.8, 4) is 17.2 Å². The van der Waals surface area contributed by atoms with E-state index in [9.17, 15) is 0 Å². The predicted molar refractivity (Wildman–Crippen MR) is 79.4 cm³/mol. The number of ether oxygens (including phenoxy) is 3. The molecule has 0 radical (unpaired) electrons. The largest absolute Gasteiger partial charge is 0.497 e. The van der Waals surface area contributed by atoms with E-state index in [4.69, 9.17) is 20.1 Å². The summed E-state index contributed by atoms with van der Waals surface area (Å²) < 4.78 is 16.9. The Balaban J connectivity index is 1.80. The van der Waals surface area contributed by atoms with Crippen LogP contribution in [-0.4, -0.2) is 19.8 Å². The number of benzene rings is 2. The summed E-state index contributed by atoms with van der Waals surface area (Å²) in [5.41, 5.74) is 3.83. The van der Waals surface area contributed by atoms with Crippen molar-refractivity contribution in [3.63, 3.8) is 0 Å². The third-order valence-electron chi connectivity index (χ3n) is 3.56. The number of methoxy groups -OCH3 is 1. The summed E-state index contributed by atoms with van der Waals surface area (Å²) in [6.07, 6.45) is -0.196. The molecule has 0 spiro atoms. The number of nitrogens with one attached hydrogen (secondary N) is 1. The Morgan fingerprint density at radius 2 is 1.86 bits per heavy atom. The highest BCUT2D eigenvalue weighted by atomic mass is 16.6. The first-order valence-electron chi connectivity index (χ1n) is 6.80. The molecule has 0 aliphatic carbocycles. The third-order valence-corrected chi connectivity index (χ3v) is 3.56. The fourth-order valence-electron chi connectivity index (χ4n) is 2.43. The number of rotatable bonds is 4. The molecule has 5 heteroatoms. The van der Waals surface area contributed by atoms with Crippen molar-refractivity contribution in [2.45, 2.75) is 12.1 Å². The van der Waals surface area contributed by atoms with E-state index in [1.165, 1.54) is 0 Å². The molecule has 0 saturated heterocycles. The maximum atomic E-state index is 6.00. The van der Waals surface area contributed by atoms with Crippen LogP contribution in [0.2, 0.25) is 0 Å². The maximum absolute atomic E-state index is 6.00. The van der Waals surface area contributed by atoms with Gasteiger partial charge in [0.15, 0.2) is 17.6 Å². The number of nitrogens with two attached hydrogens (primary N) is 1. The summed E-state index contributed by atoms with van der Waals surface area (Å²) in [4.78, 5) is 0. The molecule has 1 heterocycles. The minimum atomic E-state index is -0.196. The Morgan fingerprint density at radius 3 is 2.52 bits per heavy atom. The van der Waals surface area contributed by atoms with Crippen LogP contribution in [0.5, 0.6) is 17.2 Å². The van der Waals surface area contributed by atoms with Gasteiger partial charge in [0.25, 0.3) is 0 Å². The lowest BCUT2D eigenvalue weighted by Crippen LogP contribution is -2.44. The lowest BCUT2D eigenvalue weighted by molar-refractivity contribution is 0.0617. The molecule has 0 amide bonds. The van der Waals surface area contributed by atoms with Gasteiger partial charge in [0.05, 0.1) is 13.2 Å². The standard InChI is InChI=1S/C16H18N2O3/c1-19-12-8-6-11(7-9-12)16(18-17)15-10-20-13-4-2-3-5-14(13)21-15/h2-9,15-16,18H,10,17H2,1H3. The monoisotopic (exact) mass is 286 g/mol. The van der Waals surface area contributed by atoms with Crippen LogP contribution in [0.3, 0.4) is 0 Å². The molecule has 2 aromatic carbocycles. The van der Waals surface area contributed by atoms with E-state index >= 15 is 0 Å². The van der Waals surface area contributed by atoms with Gasteiger partial charge in [-0.3, -0.25) is 5.84 Å². The van der Waals surface area contributed by atoms with Crippen molar-refractivity contribution in [3.05, 3.63) is 54.1 Å². The van der Waals surface area contributed by atoms with E-state index in [0.29, 0.717) is 6.61 Å². The Labute approximate surface area is 123 Å². The van der Waals surface area contributed by atoms with Gasteiger partial charge in [-0.15, -0.1) is 0 Å². The molecule has 2 aromatic rings. The average Bonchev–Trinajstić information content (AvgIpc) is 2.56. The van der Waals surface area contributed by atoms with E-state index in [1.54, 1.807) is 7.11 Å². The molecule has 0 bridgehead atoms. The molecule has 1 aliphatic rings. The quantitative estimate of drug-likeness (QED) is 0.665. The van der Waals surface area contributed by atoms with Gasteiger partial charge < -0.3 is 14.2 Å². The first-order chi connectivity index (χ1) is 10.3. The molecule has 5 nitrogen and oxygen atoms in total. The second kappa shape index (κ2) is 6.03. The zero-order valence-corrected chi connectivity index (χ0v) is 11.8. The molecule has 2 unspecified atom stereocenters. The smallest absolute Gasteiger partial charge is 0.161 e. The molecular formula is C16H18N2O3. The summed E-state index contributed by atoms with van der Waals surface area (Å²) in [6, 6.07) is 15.2. The summed E-state index contributed by atoms with van der Waals surface area (Å²) >= 11 is 0. The summed E-state index contributed by atoms with van der Waals surface area (Å²) in [5, 5.41) is 0. The highest BCUT2D eigenvalue weighted by Gasteiger charge is 2.29. The predicted octanol–water partition coefficient (Wildman–Crippen LogP) is 2.04. The minimum absolute atomic E-state index is 0.163. The molecule has 0 aromatic heterocycles. The first kappa shape index (κ1) is 13.7. The third kappa shape index (κ3) is 2.79. The Kier molecular flexibility index (Phi) is 3.94. The molecular weight excluding hydrogens is 268 g/mol. The van der Waals surface area contributed by atoms with E-state index in [-0.39, 0.29) is 12.1 Å². The maximum Gasteiger partial charge on any atom is 0.161 e.